The molecule has 1 heterocycles. The molecule has 0 aromatic heterocycles. The van der Waals surface area contributed by atoms with Crippen molar-refractivity contribution in [1.29, 1.82) is 0 Å². The summed E-state index contributed by atoms with van der Waals surface area (Å²) in [6, 6.07) is 0.144. The predicted molar refractivity (Wildman–Crippen MR) is 65.8 cm³/mol. The topological polar surface area (TPSA) is 84.7 Å². The first-order valence-corrected chi connectivity index (χ1v) is 6.42. The Bertz CT molecular complexity index is 333. The zero-order valence-electron chi connectivity index (χ0n) is 10.8. The molecule has 0 radical (unpaired) electrons. The van der Waals surface area contributed by atoms with Crippen LogP contribution in [0.3, 0.4) is 0 Å². The zero-order valence-corrected chi connectivity index (χ0v) is 10.8. The monoisotopic (exact) mass is 255 g/mol. The minimum Gasteiger partial charge on any atom is -0.375 e. The molecule has 0 unspecified atom stereocenters. The van der Waals surface area contributed by atoms with Crippen LogP contribution in [0.15, 0.2) is 0 Å². The lowest BCUT2D eigenvalue weighted by Crippen LogP contribution is -2.51. The smallest absolute Gasteiger partial charge is 0.248 e. The van der Waals surface area contributed by atoms with Crippen LogP contribution in [-0.4, -0.2) is 55.1 Å². The van der Waals surface area contributed by atoms with Gasteiger partial charge >= 0.3 is 0 Å². The Morgan fingerprint density at radius 1 is 1.39 bits per heavy atom. The molecule has 2 fully saturated rings. The van der Waals surface area contributed by atoms with Crippen molar-refractivity contribution in [2.24, 2.45) is 5.73 Å². The number of likely N-dealkylation sites (tertiary alicyclic amines) is 1. The first-order chi connectivity index (χ1) is 8.55. The number of carbonyl (C=O) groups excluding carboxylic acids is 2. The van der Waals surface area contributed by atoms with E-state index in [4.69, 9.17) is 10.5 Å². The third kappa shape index (κ3) is 3.00. The SMILES string of the molecule is COCC(=O)N1CCC(NC(=O)C2(N)CC2)CC1. The Kier molecular flexibility index (Phi) is 3.87. The van der Waals surface area contributed by atoms with E-state index in [9.17, 15) is 9.59 Å². The first-order valence-electron chi connectivity index (χ1n) is 6.42. The van der Waals surface area contributed by atoms with Crippen molar-refractivity contribution in [1.82, 2.24) is 10.2 Å². The van der Waals surface area contributed by atoms with E-state index in [1.165, 1.54) is 7.11 Å². The fourth-order valence-electron chi connectivity index (χ4n) is 2.18. The molecule has 0 aromatic rings. The molecule has 0 bridgehead atoms. The van der Waals surface area contributed by atoms with Gasteiger partial charge in [0.25, 0.3) is 0 Å². The van der Waals surface area contributed by atoms with Gasteiger partial charge in [0.2, 0.25) is 11.8 Å². The Balaban J connectivity index is 1.73. The van der Waals surface area contributed by atoms with Gasteiger partial charge in [-0.1, -0.05) is 0 Å². The summed E-state index contributed by atoms with van der Waals surface area (Å²) in [4.78, 5) is 25.1. The summed E-state index contributed by atoms with van der Waals surface area (Å²) < 4.78 is 4.82. The number of rotatable bonds is 4. The van der Waals surface area contributed by atoms with Crippen molar-refractivity contribution in [2.75, 3.05) is 26.8 Å². The van der Waals surface area contributed by atoms with Gasteiger partial charge < -0.3 is 20.7 Å². The lowest BCUT2D eigenvalue weighted by Gasteiger charge is -2.32. The van der Waals surface area contributed by atoms with Crippen LogP contribution in [0.4, 0.5) is 0 Å². The second-order valence-corrected chi connectivity index (χ2v) is 5.22. The summed E-state index contributed by atoms with van der Waals surface area (Å²) in [5, 5.41) is 2.98. The van der Waals surface area contributed by atoms with Crippen LogP contribution in [0, 0.1) is 0 Å². The number of methoxy groups -OCH3 is 1. The maximum Gasteiger partial charge on any atom is 0.248 e. The molecule has 6 nitrogen and oxygen atoms in total. The molecule has 2 aliphatic rings. The molecular weight excluding hydrogens is 234 g/mol. The number of hydrogen-bond donors (Lipinski definition) is 2. The average Bonchev–Trinajstić information content (AvgIpc) is 3.10. The fourth-order valence-corrected chi connectivity index (χ4v) is 2.18. The van der Waals surface area contributed by atoms with E-state index in [1.54, 1.807) is 4.90 Å². The lowest BCUT2D eigenvalue weighted by atomic mass is 10.0. The van der Waals surface area contributed by atoms with E-state index in [1.807, 2.05) is 0 Å². The molecule has 6 heteroatoms. The molecular formula is C12H21N3O3. The van der Waals surface area contributed by atoms with Gasteiger partial charge in [-0.3, -0.25) is 9.59 Å². The van der Waals surface area contributed by atoms with Crippen molar-refractivity contribution < 1.29 is 14.3 Å². The molecule has 0 atom stereocenters. The number of ether oxygens (including phenoxy) is 1. The van der Waals surface area contributed by atoms with Crippen molar-refractivity contribution in [3.63, 3.8) is 0 Å². The van der Waals surface area contributed by atoms with Crippen molar-refractivity contribution in [3.05, 3.63) is 0 Å². The highest BCUT2D eigenvalue weighted by atomic mass is 16.5. The summed E-state index contributed by atoms with van der Waals surface area (Å²) in [6.07, 6.45) is 3.14. The van der Waals surface area contributed by atoms with Crippen LogP contribution in [0.1, 0.15) is 25.7 Å². The largest absolute Gasteiger partial charge is 0.375 e. The molecule has 3 N–H and O–H groups in total. The molecule has 18 heavy (non-hydrogen) atoms. The summed E-state index contributed by atoms with van der Waals surface area (Å²) in [5.74, 6) is -0.0241. The molecule has 2 amide bonds. The maximum absolute atomic E-state index is 11.8. The van der Waals surface area contributed by atoms with E-state index >= 15 is 0 Å². The number of nitrogens with one attached hydrogen (secondary N) is 1. The maximum atomic E-state index is 11.8. The number of nitrogens with two attached hydrogens (primary N) is 1. The van der Waals surface area contributed by atoms with Gasteiger partial charge in [0, 0.05) is 26.2 Å². The third-order valence-electron chi connectivity index (χ3n) is 3.69. The number of piperidine rings is 1. The summed E-state index contributed by atoms with van der Waals surface area (Å²) in [6.45, 7) is 1.47. The average molecular weight is 255 g/mol. The molecule has 1 saturated heterocycles. The highest BCUT2D eigenvalue weighted by molar-refractivity contribution is 5.89. The fraction of sp³-hybridized carbons (Fsp3) is 0.833. The van der Waals surface area contributed by atoms with E-state index in [2.05, 4.69) is 5.32 Å². The summed E-state index contributed by atoms with van der Waals surface area (Å²) in [7, 11) is 1.52. The van der Waals surface area contributed by atoms with Crippen LogP contribution in [0.2, 0.25) is 0 Å². The second kappa shape index (κ2) is 5.24. The highest BCUT2D eigenvalue weighted by Crippen LogP contribution is 2.32. The van der Waals surface area contributed by atoms with Gasteiger partial charge in [0.1, 0.15) is 6.61 Å². The van der Waals surface area contributed by atoms with Crippen LogP contribution in [0.5, 0.6) is 0 Å². The number of nitrogens with zero attached hydrogens (tertiary/aromatic N) is 1. The van der Waals surface area contributed by atoms with Gasteiger partial charge in [-0.2, -0.15) is 0 Å². The normalized spacial score (nSPS) is 22.7. The van der Waals surface area contributed by atoms with E-state index in [0.717, 1.165) is 25.7 Å². The minimum atomic E-state index is -0.608. The van der Waals surface area contributed by atoms with Crippen molar-refractivity contribution in [3.8, 4) is 0 Å². The predicted octanol–water partition coefficient (Wildman–Crippen LogP) is -0.769. The Morgan fingerprint density at radius 2 is 2.00 bits per heavy atom. The van der Waals surface area contributed by atoms with E-state index in [-0.39, 0.29) is 24.5 Å². The second-order valence-electron chi connectivity index (χ2n) is 5.22. The number of amides is 2. The van der Waals surface area contributed by atoms with Crippen LogP contribution in [-0.2, 0) is 14.3 Å². The Labute approximate surface area is 107 Å². The summed E-state index contributed by atoms with van der Waals surface area (Å²) in [5.41, 5.74) is 5.22. The minimum absolute atomic E-state index is 0.0137. The van der Waals surface area contributed by atoms with Crippen LogP contribution in [0.25, 0.3) is 0 Å². The molecule has 1 aliphatic heterocycles. The molecule has 1 aliphatic carbocycles. The molecule has 1 saturated carbocycles. The van der Waals surface area contributed by atoms with Crippen molar-refractivity contribution >= 4 is 11.8 Å². The molecule has 0 aromatic carbocycles. The van der Waals surface area contributed by atoms with Gasteiger partial charge in [-0.05, 0) is 25.7 Å². The lowest BCUT2D eigenvalue weighted by molar-refractivity contribution is -0.136. The van der Waals surface area contributed by atoms with Gasteiger partial charge in [0.05, 0.1) is 5.54 Å². The molecule has 102 valence electrons. The summed E-state index contributed by atoms with van der Waals surface area (Å²) >= 11 is 0. The van der Waals surface area contributed by atoms with Gasteiger partial charge in [-0.15, -0.1) is 0 Å². The Morgan fingerprint density at radius 3 is 2.50 bits per heavy atom. The third-order valence-corrected chi connectivity index (χ3v) is 3.69. The van der Waals surface area contributed by atoms with Crippen LogP contribution < -0.4 is 11.1 Å². The number of carbonyl (C=O) groups is 2. The van der Waals surface area contributed by atoms with Gasteiger partial charge in [0.15, 0.2) is 0 Å². The first kappa shape index (κ1) is 13.3. The van der Waals surface area contributed by atoms with Crippen molar-refractivity contribution in [2.45, 2.75) is 37.3 Å². The molecule has 2 rings (SSSR count). The molecule has 0 spiro atoms. The van der Waals surface area contributed by atoms with E-state index in [0.29, 0.717) is 13.1 Å². The zero-order chi connectivity index (χ0) is 13.2. The van der Waals surface area contributed by atoms with Crippen LogP contribution >= 0.6 is 0 Å². The quantitative estimate of drug-likeness (QED) is 0.691. The Hall–Kier alpha value is -1.14. The highest BCUT2D eigenvalue weighted by Gasteiger charge is 2.46. The van der Waals surface area contributed by atoms with Gasteiger partial charge in [-0.25, -0.2) is 0 Å². The number of hydrogen-bond acceptors (Lipinski definition) is 4. The standard InChI is InChI=1S/C12H21N3O3/c1-18-8-10(16)15-6-2-9(3-7-15)14-11(17)12(13)4-5-12/h9H,2-8,13H2,1H3,(H,14,17). The van der Waals surface area contributed by atoms with E-state index < -0.39 is 5.54 Å².